The van der Waals surface area contributed by atoms with Gasteiger partial charge in [-0.25, -0.2) is 0 Å². The maximum atomic E-state index is 13.6. The topological polar surface area (TPSA) is 78.1 Å². The van der Waals surface area contributed by atoms with Crippen molar-refractivity contribution in [3.8, 4) is 11.1 Å². The van der Waals surface area contributed by atoms with Gasteiger partial charge >= 0.3 is 0 Å². The van der Waals surface area contributed by atoms with Gasteiger partial charge in [-0.2, -0.15) is 0 Å². The molecular weight excluding hydrogens is 424 g/mol. The molecule has 6 heteroatoms. The zero-order chi connectivity index (χ0) is 23.7. The second kappa shape index (κ2) is 9.14. The van der Waals surface area contributed by atoms with Crippen LogP contribution in [0.2, 0.25) is 0 Å². The van der Waals surface area contributed by atoms with Gasteiger partial charge in [0, 0.05) is 37.1 Å². The molecule has 2 aromatic carbocycles. The van der Waals surface area contributed by atoms with Gasteiger partial charge in [-0.15, -0.1) is 0 Å². The second-order valence-corrected chi connectivity index (χ2v) is 9.04. The fourth-order valence-electron chi connectivity index (χ4n) is 4.61. The van der Waals surface area contributed by atoms with Gasteiger partial charge in [0.1, 0.15) is 0 Å². The summed E-state index contributed by atoms with van der Waals surface area (Å²) in [7, 11) is 0. The van der Waals surface area contributed by atoms with Gasteiger partial charge in [-0.3, -0.25) is 14.6 Å². The number of hydrogen-bond donors (Lipinski definition) is 2. The van der Waals surface area contributed by atoms with Crippen molar-refractivity contribution in [3.05, 3.63) is 89.2 Å². The Balaban J connectivity index is 1.32. The SMILES string of the molecule is Cc1ccc(-c2ccccc2C(=O)N2CCC[C@@H](NC(=O)c3cnc4cc[nH]c4c3)C2)cc1C. The molecule has 0 aliphatic carbocycles. The number of piperidine rings is 1. The number of aryl methyl sites for hydroxylation is 2. The van der Waals surface area contributed by atoms with E-state index in [1.54, 1.807) is 12.4 Å². The molecular formula is C28H28N4O2. The molecule has 0 bridgehead atoms. The van der Waals surface area contributed by atoms with Crippen LogP contribution in [0.4, 0.5) is 0 Å². The number of aromatic amines is 1. The lowest BCUT2D eigenvalue weighted by Gasteiger charge is -2.33. The van der Waals surface area contributed by atoms with Gasteiger partial charge in [0.2, 0.25) is 0 Å². The van der Waals surface area contributed by atoms with Crippen LogP contribution >= 0.6 is 0 Å². The Morgan fingerprint density at radius 2 is 1.91 bits per heavy atom. The Morgan fingerprint density at radius 3 is 2.76 bits per heavy atom. The van der Waals surface area contributed by atoms with E-state index in [9.17, 15) is 9.59 Å². The van der Waals surface area contributed by atoms with Crippen molar-refractivity contribution in [1.82, 2.24) is 20.2 Å². The Bertz CT molecular complexity index is 1370. The van der Waals surface area contributed by atoms with Crippen LogP contribution in [0.25, 0.3) is 22.2 Å². The minimum Gasteiger partial charge on any atom is -0.360 e. The highest BCUT2D eigenvalue weighted by Gasteiger charge is 2.27. The number of amides is 2. The summed E-state index contributed by atoms with van der Waals surface area (Å²) in [6.07, 6.45) is 5.08. The minimum atomic E-state index is -0.168. The number of rotatable bonds is 4. The van der Waals surface area contributed by atoms with Gasteiger partial charge in [0.15, 0.2) is 0 Å². The van der Waals surface area contributed by atoms with Crippen molar-refractivity contribution in [2.45, 2.75) is 32.7 Å². The summed E-state index contributed by atoms with van der Waals surface area (Å²) in [5.74, 6) is -0.166. The Morgan fingerprint density at radius 1 is 1.06 bits per heavy atom. The van der Waals surface area contributed by atoms with E-state index in [2.05, 4.69) is 47.3 Å². The molecule has 1 fully saturated rings. The first-order valence-electron chi connectivity index (χ1n) is 11.7. The van der Waals surface area contributed by atoms with Gasteiger partial charge in [-0.1, -0.05) is 36.4 Å². The standard InChI is InChI=1S/C28H28N4O2/c1-18-9-10-20(14-19(18)2)23-7-3-4-8-24(23)28(34)32-13-5-6-22(17-32)31-27(33)21-15-26-25(30-16-21)11-12-29-26/h3-4,7-12,14-16,22,29H,5-6,13,17H2,1-2H3,(H,31,33)/t22-/m1/s1. The molecule has 1 atom stereocenters. The number of nitrogens with zero attached hydrogens (tertiary/aromatic N) is 2. The average Bonchev–Trinajstić information content (AvgIpc) is 3.33. The van der Waals surface area contributed by atoms with Gasteiger partial charge in [0.05, 0.1) is 16.6 Å². The first kappa shape index (κ1) is 21.9. The van der Waals surface area contributed by atoms with Crippen molar-refractivity contribution in [3.63, 3.8) is 0 Å². The molecule has 2 aromatic heterocycles. The number of nitrogens with one attached hydrogen (secondary N) is 2. The third kappa shape index (κ3) is 4.31. The number of fused-ring (bicyclic) bond motifs is 1. The molecule has 1 saturated heterocycles. The van der Waals surface area contributed by atoms with Crippen LogP contribution < -0.4 is 5.32 Å². The van der Waals surface area contributed by atoms with Crippen molar-refractivity contribution < 1.29 is 9.59 Å². The number of pyridine rings is 1. The van der Waals surface area contributed by atoms with E-state index in [0.29, 0.717) is 24.2 Å². The molecule has 2 amide bonds. The van der Waals surface area contributed by atoms with E-state index >= 15 is 0 Å². The molecule has 34 heavy (non-hydrogen) atoms. The highest BCUT2D eigenvalue weighted by Crippen LogP contribution is 2.27. The molecule has 6 nitrogen and oxygen atoms in total. The van der Waals surface area contributed by atoms with Gasteiger partial charge in [-0.05, 0) is 67.1 Å². The van der Waals surface area contributed by atoms with Crippen LogP contribution in [0.1, 0.15) is 44.7 Å². The fourth-order valence-corrected chi connectivity index (χ4v) is 4.61. The summed E-state index contributed by atoms with van der Waals surface area (Å²) < 4.78 is 0. The van der Waals surface area contributed by atoms with Crippen LogP contribution in [-0.2, 0) is 0 Å². The molecule has 1 aliphatic heterocycles. The third-order valence-corrected chi connectivity index (χ3v) is 6.68. The van der Waals surface area contributed by atoms with Gasteiger partial charge in [0.25, 0.3) is 11.8 Å². The van der Waals surface area contributed by atoms with E-state index < -0.39 is 0 Å². The van der Waals surface area contributed by atoms with E-state index in [4.69, 9.17) is 0 Å². The summed E-state index contributed by atoms with van der Waals surface area (Å²) in [4.78, 5) is 35.7. The van der Waals surface area contributed by atoms with E-state index in [0.717, 1.165) is 35.0 Å². The second-order valence-electron chi connectivity index (χ2n) is 9.04. The molecule has 2 N–H and O–H groups in total. The first-order chi connectivity index (χ1) is 16.5. The zero-order valence-corrected chi connectivity index (χ0v) is 19.5. The molecule has 4 aromatic rings. The molecule has 172 valence electrons. The predicted molar refractivity (Wildman–Crippen MR) is 134 cm³/mol. The van der Waals surface area contributed by atoms with E-state index in [-0.39, 0.29) is 17.9 Å². The summed E-state index contributed by atoms with van der Waals surface area (Å²) in [5, 5.41) is 3.10. The molecule has 0 unspecified atom stereocenters. The lowest BCUT2D eigenvalue weighted by molar-refractivity contribution is 0.0676. The zero-order valence-electron chi connectivity index (χ0n) is 19.5. The number of likely N-dealkylation sites (tertiary alicyclic amines) is 1. The summed E-state index contributed by atoms with van der Waals surface area (Å²) >= 11 is 0. The Kier molecular flexibility index (Phi) is 5.88. The van der Waals surface area contributed by atoms with Crippen LogP contribution in [0, 0.1) is 13.8 Å². The van der Waals surface area contributed by atoms with Crippen molar-refractivity contribution in [1.29, 1.82) is 0 Å². The van der Waals surface area contributed by atoms with E-state index in [1.807, 2.05) is 41.3 Å². The lowest BCUT2D eigenvalue weighted by Crippen LogP contribution is -2.49. The van der Waals surface area contributed by atoms with Crippen molar-refractivity contribution in [2.24, 2.45) is 0 Å². The fraction of sp³-hybridized carbons (Fsp3) is 0.250. The van der Waals surface area contributed by atoms with Gasteiger partial charge < -0.3 is 15.2 Å². The normalized spacial score (nSPS) is 15.9. The quantitative estimate of drug-likeness (QED) is 0.463. The number of carbonyl (C=O) groups is 2. The largest absolute Gasteiger partial charge is 0.360 e. The van der Waals surface area contributed by atoms with Crippen LogP contribution in [0.3, 0.4) is 0 Å². The molecule has 0 saturated carbocycles. The molecule has 0 spiro atoms. The van der Waals surface area contributed by atoms with Crippen molar-refractivity contribution in [2.75, 3.05) is 13.1 Å². The number of carbonyl (C=O) groups excluding carboxylic acids is 2. The average molecular weight is 453 g/mol. The van der Waals surface area contributed by atoms with Crippen LogP contribution in [0.15, 0.2) is 67.0 Å². The first-order valence-corrected chi connectivity index (χ1v) is 11.7. The van der Waals surface area contributed by atoms with Crippen LogP contribution in [-0.4, -0.2) is 45.8 Å². The third-order valence-electron chi connectivity index (χ3n) is 6.68. The summed E-state index contributed by atoms with van der Waals surface area (Å²) in [6, 6.07) is 17.7. The smallest absolute Gasteiger partial charge is 0.254 e. The predicted octanol–water partition coefficient (Wildman–Crippen LogP) is 4.88. The molecule has 5 rings (SSSR count). The Hall–Kier alpha value is -3.93. The number of aromatic nitrogens is 2. The molecule has 0 radical (unpaired) electrons. The molecule has 1 aliphatic rings. The monoisotopic (exact) mass is 452 g/mol. The van der Waals surface area contributed by atoms with E-state index in [1.165, 1.54) is 11.1 Å². The molecule has 3 heterocycles. The number of H-pyrrole nitrogens is 1. The lowest BCUT2D eigenvalue weighted by atomic mass is 9.95. The highest BCUT2D eigenvalue weighted by atomic mass is 16.2. The minimum absolute atomic E-state index is 0.00208. The highest BCUT2D eigenvalue weighted by molar-refractivity contribution is 6.01. The maximum absolute atomic E-state index is 13.6. The van der Waals surface area contributed by atoms with Crippen molar-refractivity contribution >= 4 is 22.8 Å². The number of hydrogen-bond acceptors (Lipinski definition) is 3. The van der Waals surface area contributed by atoms with Crippen LogP contribution in [0.5, 0.6) is 0 Å². The maximum Gasteiger partial charge on any atom is 0.254 e. The number of benzene rings is 2. The summed E-state index contributed by atoms with van der Waals surface area (Å²) in [5.41, 5.74) is 7.27. The summed E-state index contributed by atoms with van der Waals surface area (Å²) in [6.45, 7) is 5.35. The Labute approximate surface area is 199 Å².